The van der Waals surface area contributed by atoms with Crippen molar-refractivity contribution in [1.82, 2.24) is 20.4 Å². The second kappa shape index (κ2) is 11.5. The van der Waals surface area contributed by atoms with E-state index in [0.29, 0.717) is 27.3 Å². The quantitative estimate of drug-likeness (QED) is 0.595. The van der Waals surface area contributed by atoms with Crippen LogP contribution in [0.25, 0.3) is 0 Å². The van der Waals surface area contributed by atoms with E-state index in [-0.39, 0.29) is 29.6 Å². The summed E-state index contributed by atoms with van der Waals surface area (Å²) in [5.41, 5.74) is 1.16. The molecule has 0 aliphatic carbocycles. The first-order valence-electron chi connectivity index (χ1n) is 7.28. The molecule has 11 heteroatoms. The van der Waals surface area contributed by atoms with Crippen molar-refractivity contribution >= 4 is 57.5 Å². The Morgan fingerprint density at radius 1 is 1.23 bits per heavy atom. The van der Waals surface area contributed by atoms with Gasteiger partial charge in [0.15, 0.2) is 10.9 Å². The fourth-order valence-corrected chi connectivity index (χ4v) is 2.42. The molecule has 3 N–H and O–H groups in total. The number of carbonyl (C=O) groups is 3. The number of nitrogens with zero attached hydrogens (tertiary/aromatic N) is 2. The molecule has 0 fully saturated rings. The fraction of sp³-hybridized carbons (Fsp3) is 0.267. The van der Waals surface area contributed by atoms with Crippen LogP contribution in [0.1, 0.15) is 18.9 Å². The number of amides is 1. The van der Waals surface area contributed by atoms with Crippen LogP contribution in [0, 0.1) is 0 Å². The van der Waals surface area contributed by atoms with Crippen molar-refractivity contribution in [3.8, 4) is 0 Å². The number of carbonyl (C=O) groups excluding carboxylic acids is 3. The Kier molecular flexibility index (Phi) is 9.71. The van der Waals surface area contributed by atoms with Gasteiger partial charge in [0.25, 0.3) is 0 Å². The van der Waals surface area contributed by atoms with E-state index in [4.69, 9.17) is 23.2 Å². The van der Waals surface area contributed by atoms with Gasteiger partial charge < -0.3 is 5.32 Å². The highest BCUT2D eigenvalue weighted by atomic mass is 35.5. The summed E-state index contributed by atoms with van der Waals surface area (Å²) >= 11 is 12.4. The molecular formula is C15H17Cl2N5O3S. The number of aromatic amines is 2. The number of thioether (sulfide) groups is 1. The first kappa shape index (κ1) is 21.9. The van der Waals surface area contributed by atoms with E-state index in [2.05, 4.69) is 32.3 Å². The lowest BCUT2D eigenvalue weighted by Gasteiger charge is -2.01. The van der Waals surface area contributed by atoms with E-state index >= 15 is 0 Å². The van der Waals surface area contributed by atoms with Crippen molar-refractivity contribution in [2.45, 2.75) is 19.8 Å². The van der Waals surface area contributed by atoms with Crippen LogP contribution >= 0.6 is 35.0 Å². The molecule has 0 saturated carbocycles. The second-order valence-electron chi connectivity index (χ2n) is 4.79. The van der Waals surface area contributed by atoms with Crippen LogP contribution < -0.4 is 5.32 Å². The Morgan fingerprint density at radius 2 is 1.88 bits per heavy atom. The summed E-state index contributed by atoms with van der Waals surface area (Å²) < 4.78 is 0. The topological polar surface area (TPSA) is 121 Å². The van der Waals surface area contributed by atoms with Crippen LogP contribution in [-0.2, 0) is 20.8 Å². The van der Waals surface area contributed by atoms with Gasteiger partial charge in [-0.2, -0.15) is 10.2 Å². The average molecular weight is 418 g/mol. The number of hydrogen-bond acceptors (Lipinski definition) is 6. The Bertz CT molecular complexity index is 775. The van der Waals surface area contributed by atoms with E-state index in [1.54, 1.807) is 0 Å². The fourth-order valence-electron chi connectivity index (χ4n) is 1.54. The molecule has 2 rings (SSSR count). The predicted molar refractivity (Wildman–Crippen MR) is 102 cm³/mol. The van der Waals surface area contributed by atoms with Crippen LogP contribution in [0.3, 0.4) is 0 Å². The first-order valence-corrected chi connectivity index (χ1v) is 9.02. The highest BCUT2D eigenvalue weighted by Gasteiger charge is 2.07. The molecule has 0 spiro atoms. The minimum atomic E-state index is -0.188. The van der Waals surface area contributed by atoms with Gasteiger partial charge in [-0.15, -0.1) is 0 Å². The molecule has 0 aliphatic heterocycles. The standard InChI is InChI=1S/C8H10ClN3O2S.C7H7ClN2O/c1-5(13)15-3-2-7(14)11-6-4-10-12-8(6)9;1-2-6(11)3-5-4-9-10-7(5)8/h4H,2-3H2,1H3,(H,10,12)(H,11,14);2,4H,1,3H2,(H,9,10). The number of aromatic nitrogens is 4. The van der Waals surface area contributed by atoms with Gasteiger partial charge in [0.1, 0.15) is 10.3 Å². The highest BCUT2D eigenvalue weighted by Crippen LogP contribution is 2.17. The molecule has 26 heavy (non-hydrogen) atoms. The summed E-state index contributed by atoms with van der Waals surface area (Å²) in [4.78, 5) is 32.7. The van der Waals surface area contributed by atoms with Crippen LogP contribution in [0.2, 0.25) is 10.3 Å². The van der Waals surface area contributed by atoms with Gasteiger partial charge in [0, 0.05) is 31.1 Å². The van der Waals surface area contributed by atoms with E-state index in [1.807, 2.05) is 0 Å². The van der Waals surface area contributed by atoms with Crippen molar-refractivity contribution in [3.05, 3.63) is 40.9 Å². The second-order valence-corrected chi connectivity index (χ2v) is 6.82. The van der Waals surface area contributed by atoms with Gasteiger partial charge in [-0.1, -0.05) is 41.5 Å². The van der Waals surface area contributed by atoms with E-state index < -0.39 is 0 Å². The summed E-state index contributed by atoms with van der Waals surface area (Å²) in [5, 5.41) is 15.6. The minimum absolute atomic E-state index is 0.00384. The number of hydrogen-bond donors (Lipinski definition) is 3. The molecule has 0 unspecified atom stereocenters. The Labute approximate surface area is 164 Å². The minimum Gasteiger partial charge on any atom is -0.322 e. The zero-order valence-corrected chi connectivity index (χ0v) is 16.2. The van der Waals surface area contributed by atoms with Crippen LogP contribution in [-0.4, -0.2) is 43.0 Å². The zero-order chi connectivity index (χ0) is 19.5. The molecule has 0 bridgehead atoms. The van der Waals surface area contributed by atoms with Gasteiger partial charge in [-0.05, 0) is 6.08 Å². The van der Waals surface area contributed by atoms with E-state index in [0.717, 1.165) is 11.8 Å². The maximum Gasteiger partial charge on any atom is 0.225 e. The van der Waals surface area contributed by atoms with Crippen LogP contribution in [0.15, 0.2) is 25.0 Å². The zero-order valence-electron chi connectivity index (χ0n) is 13.8. The van der Waals surface area contributed by atoms with Crippen molar-refractivity contribution in [1.29, 1.82) is 0 Å². The molecule has 8 nitrogen and oxygen atoms in total. The number of ketones is 1. The third-order valence-electron chi connectivity index (χ3n) is 2.76. The highest BCUT2D eigenvalue weighted by molar-refractivity contribution is 8.13. The van der Waals surface area contributed by atoms with Crippen molar-refractivity contribution < 1.29 is 14.4 Å². The summed E-state index contributed by atoms with van der Waals surface area (Å²) in [5.74, 6) is 0.219. The van der Waals surface area contributed by atoms with E-state index in [9.17, 15) is 14.4 Å². The van der Waals surface area contributed by atoms with Crippen molar-refractivity contribution in [2.75, 3.05) is 11.1 Å². The first-order chi connectivity index (χ1) is 12.3. The summed E-state index contributed by atoms with van der Waals surface area (Å²) in [7, 11) is 0. The maximum atomic E-state index is 11.3. The number of anilines is 1. The van der Waals surface area contributed by atoms with E-state index in [1.165, 1.54) is 25.4 Å². The van der Waals surface area contributed by atoms with Crippen LogP contribution in [0.5, 0.6) is 0 Å². The third-order valence-corrected chi connectivity index (χ3v) is 4.19. The summed E-state index contributed by atoms with van der Waals surface area (Å²) in [6.45, 7) is 4.82. The molecule has 0 radical (unpaired) electrons. The smallest absolute Gasteiger partial charge is 0.225 e. The van der Waals surface area contributed by atoms with Crippen LogP contribution in [0.4, 0.5) is 5.69 Å². The summed E-state index contributed by atoms with van der Waals surface area (Å²) in [6, 6.07) is 0. The van der Waals surface area contributed by atoms with Gasteiger partial charge in [-0.3, -0.25) is 24.6 Å². The normalized spacial score (nSPS) is 9.81. The predicted octanol–water partition coefficient (Wildman–Crippen LogP) is 3.03. The lowest BCUT2D eigenvalue weighted by Crippen LogP contribution is -2.12. The SMILES string of the molecule is C=CC(=O)Cc1cn[nH]c1Cl.CC(=O)SCCC(=O)Nc1cn[nH]c1Cl. The lowest BCUT2D eigenvalue weighted by atomic mass is 10.2. The average Bonchev–Trinajstić information content (AvgIpc) is 3.16. The molecule has 2 aromatic heterocycles. The number of allylic oxidation sites excluding steroid dienone is 1. The number of nitrogens with one attached hydrogen (secondary N) is 3. The molecule has 0 saturated heterocycles. The molecule has 0 aromatic carbocycles. The third kappa shape index (κ3) is 8.32. The number of halogens is 2. The van der Waals surface area contributed by atoms with Gasteiger partial charge in [0.2, 0.25) is 5.91 Å². The molecular weight excluding hydrogens is 401 g/mol. The van der Waals surface area contributed by atoms with Crippen molar-refractivity contribution in [3.63, 3.8) is 0 Å². The lowest BCUT2D eigenvalue weighted by molar-refractivity contribution is -0.116. The maximum absolute atomic E-state index is 11.3. The number of rotatable bonds is 7. The van der Waals surface area contributed by atoms with Gasteiger partial charge >= 0.3 is 0 Å². The Hall–Kier alpha value is -2.10. The van der Waals surface area contributed by atoms with Gasteiger partial charge in [0.05, 0.1) is 18.1 Å². The molecule has 140 valence electrons. The number of H-pyrrole nitrogens is 2. The molecule has 0 aliphatic rings. The summed E-state index contributed by atoms with van der Waals surface area (Å²) in [6.07, 6.45) is 4.76. The molecule has 1 amide bonds. The molecule has 2 heterocycles. The monoisotopic (exact) mass is 417 g/mol. The Morgan fingerprint density at radius 3 is 2.38 bits per heavy atom. The van der Waals surface area contributed by atoms with Gasteiger partial charge in [-0.25, -0.2) is 0 Å². The molecule has 2 aromatic rings. The van der Waals surface area contributed by atoms with Crippen molar-refractivity contribution in [2.24, 2.45) is 0 Å². The largest absolute Gasteiger partial charge is 0.322 e. The Balaban J connectivity index is 0.000000273. The molecule has 0 atom stereocenters.